The zero-order valence-electron chi connectivity index (χ0n) is 19.7. The third-order valence-corrected chi connectivity index (χ3v) is 6.03. The van der Waals surface area contributed by atoms with Crippen LogP contribution in [0.4, 0.5) is 0 Å². The molecule has 0 spiro atoms. The van der Waals surface area contributed by atoms with E-state index in [0.717, 1.165) is 6.92 Å². The molecule has 14 unspecified atom stereocenters. The second-order valence-electron chi connectivity index (χ2n) is 8.75. The van der Waals surface area contributed by atoms with Crippen LogP contribution in [0.2, 0.25) is 0 Å². The highest BCUT2D eigenvalue weighted by atomic mass is 16.7. The van der Waals surface area contributed by atoms with Crippen molar-refractivity contribution in [2.45, 2.75) is 92.7 Å². The molecule has 37 heavy (non-hydrogen) atoms. The summed E-state index contributed by atoms with van der Waals surface area (Å²) in [5.41, 5.74) is 0. The van der Waals surface area contributed by atoms with Crippen molar-refractivity contribution in [1.82, 2.24) is 5.32 Å². The Balaban J connectivity index is 2.18. The maximum atomic E-state index is 11.5. The van der Waals surface area contributed by atoms with Gasteiger partial charge in [-0.2, -0.15) is 0 Å². The lowest BCUT2D eigenvalue weighted by atomic mass is 9.96. The molecule has 14 atom stereocenters. The number of hydrogen-bond acceptors (Lipinski definition) is 16. The Morgan fingerprint density at radius 3 is 2.05 bits per heavy atom. The molecule has 0 radical (unpaired) electrons. The highest BCUT2D eigenvalue weighted by Gasteiger charge is 2.49. The van der Waals surface area contributed by atoms with E-state index in [9.17, 15) is 60.7 Å². The number of nitrogens with one attached hydrogen (secondary N) is 1. The highest BCUT2D eigenvalue weighted by molar-refractivity contribution is 5.73. The topological polar surface area (TPSA) is 285 Å². The maximum absolute atomic E-state index is 11.5. The molecule has 11 N–H and O–H groups in total. The number of aliphatic hydroxyl groups is 10. The van der Waals surface area contributed by atoms with Crippen molar-refractivity contribution in [3.63, 3.8) is 0 Å². The van der Waals surface area contributed by atoms with E-state index in [-0.39, 0.29) is 6.29 Å². The Hall–Kier alpha value is -1.42. The first-order chi connectivity index (χ1) is 17.4. The van der Waals surface area contributed by atoms with E-state index in [1.54, 1.807) is 0 Å². The van der Waals surface area contributed by atoms with E-state index < -0.39 is 111 Å². The Kier molecular flexibility index (Phi) is 12.1. The average Bonchev–Trinajstić information content (AvgIpc) is 2.88. The molecule has 2 fully saturated rings. The first kappa shape index (κ1) is 31.8. The van der Waals surface area contributed by atoms with Crippen LogP contribution in [0, 0.1) is 0 Å². The van der Waals surface area contributed by atoms with Gasteiger partial charge < -0.3 is 80.1 Å². The van der Waals surface area contributed by atoms with Gasteiger partial charge in [-0.05, 0) is 0 Å². The summed E-state index contributed by atoms with van der Waals surface area (Å²) in [5, 5.41) is 102. The summed E-state index contributed by atoms with van der Waals surface area (Å²) in [6.45, 7) is -1.26. The predicted molar refractivity (Wildman–Crippen MR) is 114 cm³/mol. The van der Waals surface area contributed by atoms with Crippen LogP contribution in [0.5, 0.6) is 0 Å². The molecule has 0 bridgehead atoms. The largest absolute Gasteiger partial charge is 0.394 e. The number of rotatable bonds is 12. The molecule has 17 nitrogen and oxygen atoms in total. The molecule has 2 rings (SSSR count). The number of amides is 1. The quantitative estimate of drug-likeness (QED) is 0.102. The standard InChI is InChI=1S/C20H35NO16/c1-6(25)21-11-15(31)13(29)9(4-24)35-19(11)34-5-10-14(30)16(32)17(33)20(36-10)37-18(8(27)3-23)12(28)7(26)2-22/h2,7-20,23-24,26-33H,3-5H2,1H3,(H,21,25). The lowest BCUT2D eigenvalue weighted by Gasteiger charge is -2.44. The summed E-state index contributed by atoms with van der Waals surface area (Å²) in [6, 6.07) is -1.33. The van der Waals surface area contributed by atoms with Gasteiger partial charge in [0.15, 0.2) is 18.9 Å². The van der Waals surface area contributed by atoms with Crippen LogP contribution in [0.1, 0.15) is 6.92 Å². The minimum Gasteiger partial charge on any atom is -0.394 e. The van der Waals surface area contributed by atoms with E-state index in [1.807, 2.05) is 0 Å². The Labute approximate surface area is 210 Å². The monoisotopic (exact) mass is 545 g/mol. The van der Waals surface area contributed by atoms with Gasteiger partial charge in [0, 0.05) is 6.92 Å². The van der Waals surface area contributed by atoms with E-state index >= 15 is 0 Å². The Morgan fingerprint density at radius 2 is 1.51 bits per heavy atom. The van der Waals surface area contributed by atoms with Crippen molar-refractivity contribution in [3.8, 4) is 0 Å². The van der Waals surface area contributed by atoms with Gasteiger partial charge in [0.05, 0.1) is 19.8 Å². The first-order valence-corrected chi connectivity index (χ1v) is 11.3. The van der Waals surface area contributed by atoms with Crippen LogP contribution in [0.25, 0.3) is 0 Å². The maximum Gasteiger partial charge on any atom is 0.217 e. The minimum atomic E-state index is -2.09. The zero-order valence-corrected chi connectivity index (χ0v) is 19.7. The summed E-state index contributed by atoms with van der Waals surface area (Å²) in [5.74, 6) is -0.624. The molecule has 0 aromatic heterocycles. The minimum absolute atomic E-state index is 0.0702. The number of carbonyl (C=O) groups excluding carboxylic acids is 2. The fourth-order valence-electron chi connectivity index (χ4n) is 3.90. The summed E-state index contributed by atoms with van der Waals surface area (Å²) in [7, 11) is 0. The second-order valence-corrected chi connectivity index (χ2v) is 8.75. The van der Waals surface area contributed by atoms with Crippen LogP contribution in [-0.2, 0) is 28.5 Å². The van der Waals surface area contributed by atoms with Gasteiger partial charge in [-0.3, -0.25) is 4.79 Å². The van der Waals surface area contributed by atoms with Gasteiger partial charge >= 0.3 is 0 Å². The molecule has 2 heterocycles. The number of aliphatic hydroxyl groups excluding tert-OH is 10. The van der Waals surface area contributed by atoms with Crippen LogP contribution in [0.3, 0.4) is 0 Å². The van der Waals surface area contributed by atoms with Crippen LogP contribution >= 0.6 is 0 Å². The smallest absolute Gasteiger partial charge is 0.217 e. The molecule has 17 heteroatoms. The van der Waals surface area contributed by atoms with Crippen LogP contribution in [0.15, 0.2) is 0 Å². The molecule has 2 aliphatic heterocycles. The molecule has 1 amide bonds. The molecule has 2 saturated heterocycles. The summed E-state index contributed by atoms with van der Waals surface area (Å²) >= 11 is 0. The lowest BCUT2D eigenvalue weighted by molar-refractivity contribution is -0.337. The van der Waals surface area contributed by atoms with Crippen LogP contribution in [-0.4, -0.2) is 169 Å². The number of hydrogen-bond donors (Lipinski definition) is 11. The summed E-state index contributed by atoms with van der Waals surface area (Å²) in [4.78, 5) is 22.4. The third-order valence-electron chi connectivity index (χ3n) is 6.03. The second kappa shape index (κ2) is 14.1. The molecule has 0 aliphatic carbocycles. The molecular formula is C20H35NO16. The third kappa shape index (κ3) is 7.58. The molecule has 2 aliphatic rings. The molecule has 0 aromatic rings. The SMILES string of the molecule is CC(=O)NC1C(OCC2OC(OC(C(O)CO)C(O)C(O)C=O)C(O)C(O)C2O)OC(CO)C(O)C1O. The van der Waals surface area contributed by atoms with Crippen molar-refractivity contribution in [2.24, 2.45) is 0 Å². The Morgan fingerprint density at radius 1 is 0.919 bits per heavy atom. The molecule has 216 valence electrons. The summed E-state index contributed by atoms with van der Waals surface area (Å²) < 4.78 is 21.5. The number of ether oxygens (including phenoxy) is 4. The number of carbonyl (C=O) groups is 2. The van der Waals surface area contributed by atoms with Gasteiger partial charge in [0.25, 0.3) is 0 Å². The van der Waals surface area contributed by atoms with Gasteiger partial charge in [-0.1, -0.05) is 0 Å². The molecule has 0 saturated carbocycles. The lowest BCUT2D eigenvalue weighted by Crippen LogP contribution is -2.65. The van der Waals surface area contributed by atoms with Gasteiger partial charge in [0.1, 0.15) is 73.2 Å². The van der Waals surface area contributed by atoms with Crippen LogP contribution < -0.4 is 5.32 Å². The van der Waals surface area contributed by atoms with Gasteiger partial charge in [-0.15, -0.1) is 0 Å². The van der Waals surface area contributed by atoms with E-state index in [1.165, 1.54) is 0 Å². The van der Waals surface area contributed by atoms with Crippen molar-refractivity contribution < 1.29 is 79.6 Å². The molecule has 0 aromatic carbocycles. The summed E-state index contributed by atoms with van der Waals surface area (Å²) in [6.07, 6.45) is -23.2. The van der Waals surface area contributed by atoms with Gasteiger partial charge in [0.2, 0.25) is 5.91 Å². The fraction of sp³-hybridized carbons (Fsp3) is 0.900. The van der Waals surface area contributed by atoms with E-state index in [0.29, 0.717) is 0 Å². The normalized spacial score (nSPS) is 39.9. The van der Waals surface area contributed by atoms with E-state index in [2.05, 4.69) is 5.32 Å². The van der Waals surface area contributed by atoms with Gasteiger partial charge in [-0.25, -0.2) is 0 Å². The average molecular weight is 545 g/mol. The zero-order chi connectivity index (χ0) is 28.0. The fourth-order valence-corrected chi connectivity index (χ4v) is 3.90. The van der Waals surface area contributed by atoms with E-state index in [4.69, 9.17) is 18.9 Å². The van der Waals surface area contributed by atoms with Crippen molar-refractivity contribution in [1.29, 1.82) is 0 Å². The molecular weight excluding hydrogens is 510 g/mol. The van der Waals surface area contributed by atoms with Crippen molar-refractivity contribution in [2.75, 3.05) is 19.8 Å². The Bertz CT molecular complexity index is 730. The first-order valence-electron chi connectivity index (χ1n) is 11.3. The van der Waals surface area contributed by atoms with Crippen molar-refractivity contribution >= 4 is 12.2 Å². The predicted octanol–water partition coefficient (Wildman–Crippen LogP) is -7.59. The van der Waals surface area contributed by atoms with Crippen molar-refractivity contribution in [3.05, 3.63) is 0 Å². The number of aldehydes is 1. The highest BCUT2D eigenvalue weighted by Crippen LogP contribution is 2.27.